The fourth-order valence-electron chi connectivity index (χ4n) is 8.19. The molecule has 0 amide bonds. The van der Waals surface area contributed by atoms with Crippen LogP contribution in [0.15, 0.2) is 12.4 Å². The van der Waals surface area contributed by atoms with Crippen molar-refractivity contribution in [1.82, 2.24) is 9.80 Å². The molecule has 8 nitrogen and oxygen atoms in total. The Balaban J connectivity index is 4.49. The van der Waals surface area contributed by atoms with Crippen molar-refractivity contribution in [3.05, 3.63) is 12.4 Å². The smallest absolute Gasteiger partial charge is 0.305 e. The molecule has 0 heterocycles. The lowest BCUT2D eigenvalue weighted by Crippen LogP contribution is -2.35. The highest BCUT2D eigenvalue weighted by Gasteiger charge is 2.15. The van der Waals surface area contributed by atoms with Crippen LogP contribution in [0.4, 0.5) is 0 Å². The molecule has 0 aliphatic heterocycles. The Labute approximate surface area is 360 Å². The highest BCUT2D eigenvalue weighted by atomic mass is 16.5. The summed E-state index contributed by atoms with van der Waals surface area (Å²) >= 11 is 0. The van der Waals surface area contributed by atoms with Crippen molar-refractivity contribution in [3.8, 4) is 0 Å². The van der Waals surface area contributed by atoms with Gasteiger partial charge in [-0.1, -0.05) is 169 Å². The number of unbranched alkanes of at least 4 members (excludes halogenated alkanes) is 16. The van der Waals surface area contributed by atoms with Crippen molar-refractivity contribution >= 4 is 11.9 Å². The van der Waals surface area contributed by atoms with Gasteiger partial charge in [0.05, 0.1) is 19.3 Å². The maximum atomic E-state index is 12.6. The maximum absolute atomic E-state index is 12.6. The van der Waals surface area contributed by atoms with Crippen molar-refractivity contribution in [3.63, 3.8) is 0 Å². The number of carbonyl (C=O) groups excluding carboxylic acids is 2. The molecule has 0 aromatic carbocycles. The van der Waals surface area contributed by atoms with Crippen LogP contribution in [0.5, 0.6) is 0 Å². The van der Waals surface area contributed by atoms with Crippen LogP contribution in [-0.2, 0) is 19.1 Å². The summed E-state index contributed by atoms with van der Waals surface area (Å²) in [4.78, 5) is 29.6. The van der Waals surface area contributed by atoms with Crippen LogP contribution in [0.25, 0.3) is 0 Å². The summed E-state index contributed by atoms with van der Waals surface area (Å²) in [5, 5.41) is 11.0. The third-order valence-corrected chi connectivity index (χ3v) is 12.0. The molecule has 0 bridgehead atoms. The van der Waals surface area contributed by atoms with Crippen LogP contribution in [0.1, 0.15) is 233 Å². The number of carbonyl (C=O) groups is 2. The summed E-state index contributed by atoms with van der Waals surface area (Å²) in [6.45, 7) is 13.4. The first-order chi connectivity index (χ1) is 28.3. The topological polar surface area (TPSA) is 105 Å². The van der Waals surface area contributed by atoms with E-state index in [1.807, 2.05) is 13.2 Å². The molecule has 0 rings (SSSR count). The minimum absolute atomic E-state index is 0.0237. The Hall–Kier alpha value is -1.80. The Kier molecular flexibility index (Phi) is 42.0. The predicted octanol–water partition coefficient (Wildman–Crippen LogP) is 12.9. The number of aliphatic hydroxyl groups is 1. The van der Waals surface area contributed by atoms with Gasteiger partial charge < -0.3 is 30.1 Å². The lowest BCUT2D eigenvalue weighted by atomic mass is 9.90. The van der Waals surface area contributed by atoms with E-state index < -0.39 is 6.10 Å². The van der Waals surface area contributed by atoms with E-state index in [1.54, 1.807) is 6.20 Å². The summed E-state index contributed by atoms with van der Waals surface area (Å²) in [7, 11) is 2.03. The van der Waals surface area contributed by atoms with Gasteiger partial charge in [-0.25, -0.2) is 0 Å². The predicted molar refractivity (Wildman–Crippen MR) is 248 cm³/mol. The molecule has 0 saturated carbocycles. The first kappa shape index (κ1) is 56.2. The van der Waals surface area contributed by atoms with Crippen LogP contribution in [0.3, 0.4) is 0 Å². The molecule has 0 fully saturated rings. The molecular weight excluding hydrogens is 723 g/mol. The molecule has 0 aromatic rings. The van der Waals surface area contributed by atoms with Crippen LogP contribution in [-0.4, -0.2) is 79.4 Å². The molecule has 3 atom stereocenters. The van der Waals surface area contributed by atoms with E-state index in [9.17, 15) is 14.7 Å². The zero-order valence-electron chi connectivity index (χ0n) is 39.3. The van der Waals surface area contributed by atoms with E-state index in [0.29, 0.717) is 50.9 Å². The van der Waals surface area contributed by atoms with Gasteiger partial charge in [0.1, 0.15) is 0 Å². The first-order valence-electron chi connectivity index (χ1n) is 25.1. The maximum Gasteiger partial charge on any atom is 0.305 e. The molecule has 0 spiro atoms. The third-order valence-electron chi connectivity index (χ3n) is 12.0. The fraction of sp³-hybridized carbons (Fsp3) is 0.920. The van der Waals surface area contributed by atoms with Gasteiger partial charge in [0.15, 0.2) is 0 Å². The first-order valence-corrected chi connectivity index (χ1v) is 25.1. The standard InChI is InChI=1S/C50H99N3O5/c1-6-10-14-16-22-31-46(29-20-12-8-3)34-36-49(55)57-43-26-19-18-25-40-53(41-28-39-52(5)42-38-51)45-48(54)33-24-27-44-58-50(56)37-35-47(30-21-13-9-4)32-23-17-15-11-7-2/h38,42,46-48,54H,6-37,39-41,43-45,51H2,1-5H3/b42-38-. The Morgan fingerprint density at radius 3 is 1.41 bits per heavy atom. The number of nitrogens with two attached hydrogens (primary N) is 1. The highest BCUT2D eigenvalue weighted by molar-refractivity contribution is 5.69. The second kappa shape index (κ2) is 43.3. The summed E-state index contributed by atoms with van der Waals surface area (Å²) in [6.07, 6.45) is 39.2. The SMILES string of the molecule is CCCCCCCC(CCCCC)CCC(=O)OCCCCCCN(CCCN(C)/C=C\N)CC(O)CCCCOC(=O)CCC(CCCCC)CCCCCCC. The Bertz CT molecular complexity index is 918. The summed E-state index contributed by atoms with van der Waals surface area (Å²) in [5.74, 6) is 1.22. The molecule has 0 radical (unpaired) electrons. The number of rotatable bonds is 45. The number of esters is 2. The normalized spacial score (nSPS) is 13.3. The van der Waals surface area contributed by atoms with Gasteiger partial charge in [-0.15, -0.1) is 0 Å². The number of nitrogens with zero attached hydrogens (tertiary/aromatic N) is 2. The van der Waals surface area contributed by atoms with Gasteiger partial charge >= 0.3 is 11.9 Å². The van der Waals surface area contributed by atoms with Gasteiger partial charge in [0.2, 0.25) is 0 Å². The molecule has 344 valence electrons. The molecule has 58 heavy (non-hydrogen) atoms. The molecule has 0 aromatic heterocycles. The lowest BCUT2D eigenvalue weighted by Gasteiger charge is -2.26. The number of aliphatic hydroxyl groups excluding tert-OH is 1. The second-order valence-corrected chi connectivity index (χ2v) is 17.7. The second-order valence-electron chi connectivity index (χ2n) is 17.7. The number of hydrogen-bond acceptors (Lipinski definition) is 8. The van der Waals surface area contributed by atoms with Crippen molar-refractivity contribution in [2.24, 2.45) is 17.6 Å². The van der Waals surface area contributed by atoms with E-state index in [0.717, 1.165) is 77.4 Å². The summed E-state index contributed by atoms with van der Waals surface area (Å²) in [6, 6.07) is 0. The van der Waals surface area contributed by atoms with Crippen molar-refractivity contribution in [2.75, 3.05) is 46.4 Å². The molecule has 0 aliphatic carbocycles. The van der Waals surface area contributed by atoms with Gasteiger partial charge in [0, 0.05) is 45.4 Å². The zero-order chi connectivity index (χ0) is 42.7. The molecular formula is C50H99N3O5. The van der Waals surface area contributed by atoms with Crippen molar-refractivity contribution in [1.29, 1.82) is 0 Å². The van der Waals surface area contributed by atoms with Crippen LogP contribution >= 0.6 is 0 Å². The van der Waals surface area contributed by atoms with E-state index in [1.165, 1.54) is 128 Å². The quantitative estimate of drug-likeness (QED) is 0.0462. The van der Waals surface area contributed by atoms with Gasteiger partial charge in [-0.05, 0) is 76.3 Å². The minimum Gasteiger partial charge on any atom is -0.466 e. The zero-order valence-corrected chi connectivity index (χ0v) is 39.3. The number of ether oxygens (including phenoxy) is 2. The molecule has 3 N–H and O–H groups in total. The van der Waals surface area contributed by atoms with Crippen LogP contribution < -0.4 is 5.73 Å². The van der Waals surface area contributed by atoms with E-state index >= 15 is 0 Å². The third kappa shape index (κ3) is 38.4. The van der Waals surface area contributed by atoms with Gasteiger partial charge in [-0.3, -0.25) is 9.59 Å². The lowest BCUT2D eigenvalue weighted by molar-refractivity contribution is -0.145. The largest absolute Gasteiger partial charge is 0.466 e. The Morgan fingerprint density at radius 1 is 0.517 bits per heavy atom. The molecule has 8 heteroatoms. The molecule has 3 unspecified atom stereocenters. The van der Waals surface area contributed by atoms with Crippen LogP contribution in [0, 0.1) is 11.8 Å². The van der Waals surface area contributed by atoms with E-state index in [4.69, 9.17) is 15.2 Å². The average Bonchev–Trinajstić information content (AvgIpc) is 3.20. The van der Waals surface area contributed by atoms with E-state index in [-0.39, 0.29) is 11.9 Å². The van der Waals surface area contributed by atoms with Gasteiger partial charge in [0.25, 0.3) is 0 Å². The summed E-state index contributed by atoms with van der Waals surface area (Å²) in [5.41, 5.74) is 5.57. The molecule has 0 aliphatic rings. The average molecular weight is 822 g/mol. The van der Waals surface area contributed by atoms with Gasteiger partial charge in [-0.2, -0.15) is 0 Å². The summed E-state index contributed by atoms with van der Waals surface area (Å²) < 4.78 is 11.3. The van der Waals surface area contributed by atoms with E-state index in [2.05, 4.69) is 37.5 Å². The fourth-order valence-corrected chi connectivity index (χ4v) is 8.19. The number of hydrogen-bond donors (Lipinski definition) is 2. The van der Waals surface area contributed by atoms with Crippen molar-refractivity contribution < 1.29 is 24.2 Å². The Morgan fingerprint density at radius 2 is 0.914 bits per heavy atom. The van der Waals surface area contributed by atoms with Crippen molar-refractivity contribution in [2.45, 2.75) is 239 Å². The molecule has 0 saturated heterocycles. The monoisotopic (exact) mass is 822 g/mol. The highest BCUT2D eigenvalue weighted by Crippen LogP contribution is 2.24. The minimum atomic E-state index is -0.398. The van der Waals surface area contributed by atoms with Crippen LogP contribution in [0.2, 0.25) is 0 Å².